The molecule has 2 fully saturated rings. The molecule has 0 saturated carbocycles. The molecule has 2 bridgehead atoms. The SMILES string of the molecule is COC1C(C)OC(O[C@H]2/C=C/C=C/C=C/C=C/C=C/C=C/C=C/[C@H](C)[C@@H](O)[C@@H](C)[C@H](C)OC(=O)C[C@H](O)C[C@H](O)CC(=O)CC[C@@H](O)[C@H](O)C[C@]3(O)C[C@H](O)[C@@H](C(=O)O)C(C2)O3)C(O)C1N. The summed E-state index contributed by atoms with van der Waals surface area (Å²) in [4.78, 5) is 37.9. The second-order valence-corrected chi connectivity index (χ2v) is 17.6. The van der Waals surface area contributed by atoms with E-state index in [1.807, 2.05) is 25.2 Å². The minimum atomic E-state index is -2.37. The fourth-order valence-corrected chi connectivity index (χ4v) is 8.16. The van der Waals surface area contributed by atoms with Crippen LogP contribution in [-0.4, -0.2) is 162 Å². The summed E-state index contributed by atoms with van der Waals surface area (Å²) in [6.45, 7) is 6.87. The molecule has 372 valence electrons. The van der Waals surface area contributed by atoms with Crippen LogP contribution in [0.4, 0.5) is 0 Å². The van der Waals surface area contributed by atoms with Crippen molar-refractivity contribution in [1.82, 2.24) is 0 Å². The van der Waals surface area contributed by atoms with Crippen LogP contribution >= 0.6 is 0 Å². The number of cyclic esters (lactones) is 1. The number of methoxy groups -OCH3 is 1. The Bertz CT molecular complexity index is 1730. The van der Waals surface area contributed by atoms with Crippen LogP contribution in [0.1, 0.15) is 79.1 Å². The number of nitrogens with two attached hydrogens (primary N) is 1. The highest BCUT2D eigenvalue weighted by atomic mass is 16.7. The molecule has 0 radical (unpaired) electrons. The Morgan fingerprint density at radius 1 is 0.727 bits per heavy atom. The van der Waals surface area contributed by atoms with Gasteiger partial charge in [-0.1, -0.05) is 98.9 Å². The molecule has 3 aliphatic heterocycles. The van der Waals surface area contributed by atoms with Gasteiger partial charge in [-0.3, -0.25) is 14.4 Å². The van der Waals surface area contributed by atoms with Crippen LogP contribution in [0.15, 0.2) is 85.1 Å². The zero-order chi connectivity index (χ0) is 49.1. The van der Waals surface area contributed by atoms with Crippen LogP contribution in [0.2, 0.25) is 0 Å². The molecular weight excluding hydrogens is 863 g/mol. The van der Waals surface area contributed by atoms with Crippen molar-refractivity contribution < 1.29 is 84.0 Å². The summed E-state index contributed by atoms with van der Waals surface area (Å²) in [5.41, 5.74) is 6.25. The maximum absolute atomic E-state index is 12.7. The van der Waals surface area contributed by atoms with Crippen molar-refractivity contribution in [3.05, 3.63) is 85.1 Å². The second kappa shape index (κ2) is 27.9. The highest BCUT2D eigenvalue weighted by Crippen LogP contribution is 2.38. The molecule has 6 unspecified atom stereocenters. The smallest absolute Gasteiger partial charge is 0.311 e. The Kier molecular flexibility index (Phi) is 23.9. The van der Waals surface area contributed by atoms with Gasteiger partial charge >= 0.3 is 11.9 Å². The first-order chi connectivity index (χ1) is 31.2. The summed E-state index contributed by atoms with van der Waals surface area (Å²) in [6.07, 6.45) is 5.09. The number of ketones is 1. The van der Waals surface area contributed by atoms with E-state index in [4.69, 9.17) is 29.4 Å². The van der Waals surface area contributed by atoms with E-state index >= 15 is 0 Å². The van der Waals surface area contributed by atoms with Gasteiger partial charge in [0, 0.05) is 57.5 Å². The molecule has 3 heterocycles. The van der Waals surface area contributed by atoms with E-state index in [0.717, 1.165) is 0 Å². The van der Waals surface area contributed by atoms with Crippen molar-refractivity contribution in [2.45, 2.75) is 170 Å². The van der Waals surface area contributed by atoms with Crippen LogP contribution in [-0.2, 0) is 38.1 Å². The van der Waals surface area contributed by atoms with Crippen molar-refractivity contribution in [3.8, 4) is 0 Å². The summed E-state index contributed by atoms with van der Waals surface area (Å²) < 4.78 is 28.8. The van der Waals surface area contributed by atoms with E-state index in [1.165, 1.54) is 7.11 Å². The number of carbonyl (C=O) groups is 3. The molecule has 2 saturated heterocycles. The number of carbonyl (C=O) groups excluding carboxylic acids is 2. The summed E-state index contributed by atoms with van der Waals surface area (Å²) in [7, 11) is 1.42. The monoisotopic (exact) mass is 935 g/mol. The van der Waals surface area contributed by atoms with Crippen molar-refractivity contribution in [1.29, 1.82) is 0 Å². The lowest BCUT2D eigenvalue weighted by atomic mass is 9.82. The maximum atomic E-state index is 12.7. The number of fused-ring (bicyclic) bond motifs is 2. The number of hydrogen-bond donors (Lipinski definition) is 10. The summed E-state index contributed by atoms with van der Waals surface area (Å²) in [5.74, 6) is -7.44. The van der Waals surface area contributed by atoms with Crippen LogP contribution in [0, 0.1) is 17.8 Å². The molecule has 0 aromatic carbocycles. The van der Waals surface area contributed by atoms with Gasteiger partial charge in [-0.2, -0.15) is 0 Å². The fraction of sp³-hybridized carbons (Fsp3) is 0.646. The highest BCUT2D eigenvalue weighted by Gasteiger charge is 2.51. The van der Waals surface area contributed by atoms with Gasteiger partial charge in [-0.25, -0.2) is 0 Å². The molecule has 3 rings (SSSR count). The highest BCUT2D eigenvalue weighted by molar-refractivity contribution is 5.79. The molecule has 66 heavy (non-hydrogen) atoms. The van der Waals surface area contributed by atoms with Gasteiger partial charge in [0.25, 0.3) is 0 Å². The first-order valence-electron chi connectivity index (χ1n) is 22.5. The molecule has 0 aromatic rings. The number of carboxylic acid groups (broad SMARTS) is 1. The first kappa shape index (κ1) is 56.6. The quantitative estimate of drug-likeness (QED) is 0.179. The van der Waals surface area contributed by atoms with Gasteiger partial charge in [0.2, 0.25) is 0 Å². The second-order valence-electron chi connectivity index (χ2n) is 17.6. The van der Waals surface area contributed by atoms with Crippen molar-refractivity contribution in [3.63, 3.8) is 0 Å². The lowest BCUT2D eigenvalue weighted by molar-refractivity contribution is -0.310. The van der Waals surface area contributed by atoms with Gasteiger partial charge in [-0.15, -0.1) is 0 Å². The summed E-state index contributed by atoms with van der Waals surface area (Å²) in [6, 6.07) is -0.919. The third-order valence-corrected chi connectivity index (χ3v) is 12.1. The van der Waals surface area contributed by atoms with E-state index in [9.17, 15) is 60.3 Å². The van der Waals surface area contributed by atoms with Gasteiger partial charge in [0.15, 0.2) is 12.1 Å². The van der Waals surface area contributed by atoms with Gasteiger partial charge in [0.1, 0.15) is 30.0 Å². The predicted octanol–water partition coefficient (Wildman–Crippen LogP) is 1.57. The molecule has 18 nitrogen and oxygen atoms in total. The van der Waals surface area contributed by atoms with E-state index in [2.05, 4.69) is 0 Å². The number of aliphatic carboxylic acids is 1. The van der Waals surface area contributed by atoms with Crippen LogP contribution in [0.3, 0.4) is 0 Å². The Morgan fingerprint density at radius 2 is 1.27 bits per heavy atom. The third-order valence-electron chi connectivity index (χ3n) is 12.1. The van der Waals surface area contributed by atoms with Crippen LogP contribution in [0.25, 0.3) is 0 Å². The zero-order valence-electron chi connectivity index (χ0n) is 38.4. The normalized spacial score (nSPS) is 43.9. The number of carboxylic acids is 1. The van der Waals surface area contributed by atoms with Crippen molar-refractivity contribution >= 4 is 17.7 Å². The topological polar surface area (TPSA) is 305 Å². The predicted molar refractivity (Wildman–Crippen MR) is 241 cm³/mol. The molecule has 11 N–H and O–H groups in total. The number of Topliss-reactive ketones (excluding diaryl/α,β-unsaturated/α-hetero) is 1. The summed E-state index contributed by atoms with van der Waals surface area (Å²) >= 11 is 0. The minimum Gasteiger partial charge on any atom is -0.481 e. The van der Waals surface area contributed by atoms with Gasteiger partial charge in [-0.05, 0) is 20.3 Å². The number of esters is 1. The Morgan fingerprint density at radius 3 is 1.85 bits per heavy atom. The number of aliphatic hydroxyl groups excluding tert-OH is 7. The van der Waals surface area contributed by atoms with Gasteiger partial charge in [0.05, 0.1) is 67.4 Å². The lowest BCUT2D eigenvalue weighted by Gasteiger charge is -2.45. The average molecular weight is 936 g/mol. The maximum Gasteiger partial charge on any atom is 0.311 e. The number of aliphatic hydroxyl groups is 8. The molecular formula is C48H73NO17. The molecule has 3 aliphatic rings. The van der Waals surface area contributed by atoms with E-state index in [0.29, 0.717) is 0 Å². The zero-order valence-corrected chi connectivity index (χ0v) is 38.4. The van der Waals surface area contributed by atoms with E-state index in [-0.39, 0.29) is 31.6 Å². The van der Waals surface area contributed by atoms with Crippen LogP contribution in [0.5, 0.6) is 0 Å². The molecule has 0 spiro atoms. The van der Waals surface area contributed by atoms with Crippen LogP contribution < -0.4 is 5.73 Å². The molecule has 18 heteroatoms. The largest absolute Gasteiger partial charge is 0.481 e. The van der Waals surface area contributed by atoms with E-state index in [1.54, 1.807) is 87.6 Å². The molecule has 18 atom stereocenters. The third kappa shape index (κ3) is 18.4. The average Bonchev–Trinajstić information content (AvgIpc) is 3.22. The van der Waals surface area contributed by atoms with Crippen molar-refractivity contribution in [2.75, 3.05) is 7.11 Å². The number of hydrogen-bond acceptors (Lipinski definition) is 17. The Balaban J connectivity index is 1.87. The Hall–Kier alpha value is -3.73. The number of ether oxygens (including phenoxy) is 5. The Labute approximate surface area is 387 Å². The number of rotatable bonds is 4. The molecule has 0 aliphatic carbocycles. The minimum absolute atomic E-state index is 0.287. The standard InChI is InChI=1S/C48H73NO17/c1-28-18-16-14-12-10-8-6-7-9-11-13-15-17-19-35(65-47-44(58)42(49)45(62-5)31(4)64-47)25-39-41(46(59)60)38(55)27-48(61,66-39)26-37(54)36(53)21-20-32(50)22-33(51)23-34(52)24-40(56)63-30(3)29(2)43(28)57/h6-19,28-31,33-39,41-45,47,51-55,57-58,61H,20-27,49H2,1-5H3,(H,59,60)/b7-6+,10-8+,11-9+,14-12+,15-13+,18-16+,19-17+/t28-,29-,30-,31?,33+,34+,35-,36+,37+,38-,39?,41+,42?,43+,44?,45?,47?,48+/m0/s1. The first-order valence-corrected chi connectivity index (χ1v) is 22.5. The lowest BCUT2D eigenvalue weighted by Crippen LogP contribution is -2.62. The van der Waals surface area contributed by atoms with E-state index < -0.39 is 147 Å². The summed E-state index contributed by atoms with van der Waals surface area (Å²) in [5, 5.41) is 97.5. The molecule has 0 amide bonds. The van der Waals surface area contributed by atoms with Gasteiger partial charge < -0.3 is 75.4 Å². The van der Waals surface area contributed by atoms with Crippen molar-refractivity contribution in [2.24, 2.45) is 23.5 Å². The fourth-order valence-electron chi connectivity index (χ4n) is 8.16. The number of allylic oxidation sites excluding steroid dienone is 12. The molecule has 0 aromatic heterocycles.